The molecule has 2 heteroatoms. The topological polar surface area (TPSA) is 0 Å². The van der Waals surface area contributed by atoms with Crippen LogP contribution >= 0.6 is 0 Å². The number of hydrogen-bond acceptors (Lipinski definition) is 0. The maximum atomic E-state index is 3.80. The van der Waals surface area contributed by atoms with Gasteiger partial charge >= 0.3 is 0 Å². The van der Waals surface area contributed by atoms with Crippen LogP contribution in [0.3, 0.4) is 0 Å². The van der Waals surface area contributed by atoms with Gasteiger partial charge in [0.05, 0.1) is 13.6 Å². The minimum absolute atomic E-state index is 0. The van der Waals surface area contributed by atoms with Gasteiger partial charge in [0.15, 0.2) is 0 Å². The molecule has 78 valence electrons. The largest absolute Gasteiger partial charge is 1.00 e. The molecule has 0 bridgehead atoms. The predicted octanol–water partition coefficient (Wildman–Crippen LogP) is -0.166. The predicted molar refractivity (Wildman–Crippen MR) is 59.8 cm³/mol. The molecular formula is C12H18IN. The Morgan fingerprint density at radius 2 is 1.86 bits per heavy atom. The summed E-state index contributed by atoms with van der Waals surface area (Å²) in [6.07, 6.45) is 1.98. The Bertz CT molecular complexity index is 271. The lowest BCUT2D eigenvalue weighted by Gasteiger charge is -2.31. The van der Waals surface area contributed by atoms with Gasteiger partial charge in [-0.3, -0.25) is 4.48 Å². The average Bonchev–Trinajstić information content (AvgIpc) is 2.19. The van der Waals surface area contributed by atoms with E-state index in [0.29, 0.717) is 0 Å². The molecule has 1 unspecified atom stereocenters. The van der Waals surface area contributed by atoms with Gasteiger partial charge in [-0.05, 0) is 25.1 Å². The van der Waals surface area contributed by atoms with Crippen LogP contribution in [0.2, 0.25) is 0 Å². The van der Waals surface area contributed by atoms with Crippen molar-refractivity contribution in [2.75, 3.05) is 20.1 Å². The van der Waals surface area contributed by atoms with Crippen molar-refractivity contribution in [3.63, 3.8) is 0 Å². The van der Waals surface area contributed by atoms with E-state index in [4.69, 9.17) is 0 Å². The Hall–Kier alpha value is -0.350. The molecule has 0 heterocycles. The molecule has 0 aromatic heterocycles. The first-order valence-electron chi connectivity index (χ1n) is 4.74. The van der Waals surface area contributed by atoms with Crippen LogP contribution in [-0.4, -0.2) is 20.1 Å². The molecule has 0 aliphatic carbocycles. The van der Waals surface area contributed by atoms with E-state index in [-0.39, 0.29) is 24.0 Å². The van der Waals surface area contributed by atoms with Crippen LogP contribution in [0.4, 0.5) is 5.69 Å². The zero-order valence-electron chi connectivity index (χ0n) is 8.91. The Kier molecular flexibility index (Phi) is 6.04. The molecule has 0 fully saturated rings. The Morgan fingerprint density at radius 3 is 2.29 bits per heavy atom. The van der Waals surface area contributed by atoms with Gasteiger partial charge in [-0.15, -0.1) is 0 Å². The monoisotopic (exact) mass is 303 g/mol. The second-order valence-corrected chi connectivity index (χ2v) is 3.52. The first-order valence-corrected chi connectivity index (χ1v) is 4.74. The van der Waals surface area contributed by atoms with E-state index < -0.39 is 0 Å². The van der Waals surface area contributed by atoms with E-state index in [2.05, 4.69) is 50.9 Å². The number of hydrogen-bond donors (Lipinski definition) is 0. The summed E-state index contributed by atoms with van der Waals surface area (Å²) in [4.78, 5) is 0. The zero-order valence-corrected chi connectivity index (χ0v) is 11.1. The van der Waals surface area contributed by atoms with E-state index in [1.165, 1.54) is 5.69 Å². The normalized spacial score (nSPS) is 13.9. The number of likely N-dealkylation sites (N-methyl/N-ethyl adjacent to an activating group) is 1. The summed E-state index contributed by atoms with van der Waals surface area (Å²) in [5.41, 5.74) is 1.35. The summed E-state index contributed by atoms with van der Waals surface area (Å²) >= 11 is 0. The average molecular weight is 303 g/mol. The Labute approximate surface area is 104 Å². The summed E-state index contributed by atoms with van der Waals surface area (Å²) in [5.74, 6) is 0. The third kappa shape index (κ3) is 3.10. The zero-order chi connectivity index (χ0) is 9.73. The first kappa shape index (κ1) is 13.7. The van der Waals surface area contributed by atoms with Crippen LogP contribution in [0.5, 0.6) is 0 Å². The van der Waals surface area contributed by atoms with Gasteiger partial charge in [0.1, 0.15) is 12.2 Å². The van der Waals surface area contributed by atoms with Crippen molar-refractivity contribution in [1.29, 1.82) is 0 Å². The van der Waals surface area contributed by atoms with Crippen molar-refractivity contribution in [1.82, 2.24) is 4.48 Å². The highest BCUT2D eigenvalue weighted by atomic mass is 127. The standard InChI is InChI=1S/C12H18N.HI/c1-4-11-13(3,5-2)12-9-7-6-8-10-12;/h4,6-10H,1,5,11H2,2-3H3;1H/q+1;/p-1. The number of para-hydroxylation sites is 1. The molecule has 0 N–H and O–H groups in total. The fourth-order valence-corrected chi connectivity index (χ4v) is 1.49. The second-order valence-electron chi connectivity index (χ2n) is 3.52. The van der Waals surface area contributed by atoms with E-state index in [1.54, 1.807) is 0 Å². The van der Waals surface area contributed by atoms with E-state index >= 15 is 0 Å². The number of halogens is 1. The van der Waals surface area contributed by atoms with Crippen LogP contribution in [0.25, 0.3) is 0 Å². The van der Waals surface area contributed by atoms with Gasteiger partial charge in [-0.1, -0.05) is 24.8 Å². The van der Waals surface area contributed by atoms with Crippen LogP contribution in [0.1, 0.15) is 6.92 Å². The fraction of sp³-hybridized carbons (Fsp3) is 0.333. The second kappa shape index (κ2) is 6.19. The molecule has 0 aliphatic heterocycles. The molecule has 0 radical (unpaired) electrons. The lowest BCUT2D eigenvalue weighted by Crippen LogP contribution is -3.00. The number of nitrogens with zero attached hydrogens (tertiary/aromatic N) is 1. The van der Waals surface area contributed by atoms with E-state index in [9.17, 15) is 0 Å². The quantitative estimate of drug-likeness (QED) is 0.412. The molecule has 1 aromatic rings. The molecule has 1 nitrogen and oxygen atoms in total. The summed E-state index contributed by atoms with van der Waals surface area (Å²) in [6.45, 7) is 8.09. The highest BCUT2D eigenvalue weighted by Crippen LogP contribution is 2.19. The molecule has 0 saturated carbocycles. The SMILES string of the molecule is C=CC[N+](C)(CC)c1ccccc1.[I-]. The van der Waals surface area contributed by atoms with Crippen LogP contribution in [-0.2, 0) is 0 Å². The van der Waals surface area contributed by atoms with Gasteiger partial charge in [-0.25, -0.2) is 0 Å². The van der Waals surface area contributed by atoms with Gasteiger partial charge < -0.3 is 24.0 Å². The number of quaternary nitrogens is 1. The molecule has 0 saturated heterocycles. The van der Waals surface area contributed by atoms with Crippen LogP contribution < -0.4 is 28.5 Å². The minimum atomic E-state index is 0. The molecule has 1 atom stereocenters. The van der Waals surface area contributed by atoms with Crippen LogP contribution in [0, 0.1) is 0 Å². The molecule has 14 heavy (non-hydrogen) atoms. The van der Waals surface area contributed by atoms with Gasteiger partial charge in [0, 0.05) is 0 Å². The maximum Gasteiger partial charge on any atom is 0.132 e. The van der Waals surface area contributed by atoms with Crippen molar-refractivity contribution >= 4 is 5.69 Å². The number of benzene rings is 1. The molecule has 0 amide bonds. The molecule has 0 spiro atoms. The van der Waals surface area contributed by atoms with Crippen molar-refractivity contribution in [3.8, 4) is 0 Å². The molecular weight excluding hydrogens is 285 g/mol. The van der Waals surface area contributed by atoms with Gasteiger partial charge in [0.25, 0.3) is 0 Å². The third-order valence-electron chi connectivity index (χ3n) is 2.61. The van der Waals surface area contributed by atoms with Crippen molar-refractivity contribution < 1.29 is 24.0 Å². The third-order valence-corrected chi connectivity index (χ3v) is 2.61. The fourth-order valence-electron chi connectivity index (χ4n) is 1.49. The summed E-state index contributed by atoms with van der Waals surface area (Å²) in [7, 11) is 2.23. The minimum Gasteiger partial charge on any atom is -1.00 e. The first-order chi connectivity index (χ1) is 6.23. The molecule has 1 aromatic carbocycles. The number of rotatable bonds is 4. The maximum absolute atomic E-state index is 3.80. The molecule has 1 rings (SSSR count). The van der Waals surface area contributed by atoms with Gasteiger partial charge in [0.2, 0.25) is 0 Å². The molecule has 0 aliphatic rings. The van der Waals surface area contributed by atoms with Crippen LogP contribution in [0.15, 0.2) is 43.0 Å². The Morgan fingerprint density at radius 1 is 1.29 bits per heavy atom. The highest BCUT2D eigenvalue weighted by molar-refractivity contribution is 5.42. The Balaban J connectivity index is 0.00000169. The summed E-state index contributed by atoms with van der Waals surface area (Å²) < 4.78 is 0.935. The smallest absolute Gasteiger partial charge is 0.132 e. The van der Waals surface area contributed by atoms with E-state index in [1.807, 2.05) is 6.08 Å². The summed E-state index contributed by atoms with van der Waals surface area (Å²) in [6, 6.07) is 10.6. The van der Waals surface area contributed by atoms with E-state index in [0.717, 1.165) is 17.6 Å². The van der Waals surface area contributed by atoms with Crippen molar-refractivity contribution in [2.24, 2.45) is 0 Å². The van der Waals surface area contributed by atoms with Crippen molar-refractivity contribution in [2.45, 2.75) is 6.92 Å². The summed E-state index contributed by atoms with van der Waals surface area (Å²) in [5, 5.41) is 0. The highest BCUT2D eigenvalue weighted by Gasteiger charge is 2.19. The lowest BCUT2D eigenvalue weighted by molar-refractivity contribution is -0.00000281. The lowest BCUT2D eigenvalue weighted by atomic mass is 10.2. The van der Waals surface area contributed by atoms with Crippen molar-refractivity contribution in [3.05, 3.63) is 43.0 Å². The van der Waals surface area contributed by atoms with Gasteiger partial charge in [-0.2, -0.15) is 0 Å².